The quantitative estimate of drug-likeness (QED) is 0.498. The molecule has 1 spiro atoms. The Morgan fingerprint density at radius 1 is 1.08 bits per heavy atom. The molecule has 2 heterocycles. The molecule has 2 aliphatic heterocycles. The number of hydrogen-bond acceptors (Lipinski definition) is 2. The van der Waals surface area contributed by atoms with Crippen molar-refractivity contribution in [2.45, 2.75) is 103 Å². The molecule has 0 amide bonds. The van der Waals surface area contributed by atoms with E-state index in [1.165, 1.54) is 83.7 Å². The van der Waals surface area contributed by atoms with Gasteiger partial charge in [0.2, 0.25) is 0 Å². The molecule has 25 heavy (non-hydrogen) atoms. The van der Waals surface area contributed by atoms with Crippen LogP contribution < -0.4 is 0 Å². The summed E-state index contributed by atoms with van der Waals surface area (Å²) < 4.78 is 6.64. The highest BCUT2D eigenvalue weighted by molar-refractivity contribution is 5.43. The van der Waals surface area contributed by atoms with Gasteiger partial charge in [0, 0.05) is 6.54 Å². The fourth-order valence-electron chi connectivity index (χ4n) is 5.11. The molecule has 0 aromatic rings. The number of unbranched alkanes of at least 4 members (excludes halogenated alkanes) is 6. The summed E-state index contributed by atoms with van der Waals surface area (Å²) in [4.78, 5) is 2.70. The summed E-state index contributed by atoms with van der Waals surface area (Å²) in [5, 5.41) is 0. The molecule has 2 fully saturated rings. The lowest BCUT2D eigenvalue weighted by molar-refractivity contribution is -0.109. The lowest BCUT2D eigenvalue weighted by Crippen LogP contribution is -2.55. The van der Waals surface area contributed by atoms with Crippen LogP contribution in [0.1, 0.15) is 90.9 Å². The van der Waals surface area contributed by atoms with Gasteiger partial charge in [0.1, 0.15) is 5.60 Å². The molecule has 2 saturated heterocycles. The number of piperidine rings is 1. The van der Waals surface area contributed by atoms with Crippen molar-refractivity contribution in [3.05, 3.63) is 23.3 Å². The average Bonchev–Trinajstić information content (AvgIpc) is 2.61. The smallest absolute Gasteiger partial charge is 0.106 e. The zero-order chi connectivity index (χ0) is 17.5. The Kier molecular flexibility index (Phi) is 7.18. The Bertz CT molecular complexity index is 480. The number of fused-ring (bicyclic) bond motifs is 2. The number of allylic oxidation sites excluding steroid dienone is 2. The van der Waals surface area contributed by atoms with E-state index in [0.29, 0.717) is 6.10 Å². The topological polar surface area (TPSA) is 12.5 Å². The minimum atomic E-state index is 0.00327. The second-order valence-electron chi connectivity index (χ2n) is 8.55. The Morgan fingerprint density at radius 3 is 2.68 bits per heavy atom. The third kappa shape index (κ3) is 4.98. The summed E-state index contributed by atoms with van der Waals surface area (Å²) in [7, 11) is 0. The summed E-state index contributed by atoms with van der Waals surface area (Å²) in [5.41, 5.74) is 3.16. The largest absolute Gasteiger partial charge is 0.366 e. The molecular weight excluding hydrogens is 306 g/mol. The molecule has 0 saturated carbocycles. The molecule has 0 radical (unpaired) electrons. The number of hydrogen-bond donors (Lipinski definition) is 0. The average molecular weight is 346 g/mol. The molecule has 2 atom stereocenters. The number of ether oxygens (including phenoxy) is 1. The van der Waals surface area contributed by atoms with Crippen LogP contribution in [0.4, 0.5) is 0 Å². The van der Waals surface area contributed by atoms with Gasteiger partial charge >= 0.3 is 0 Å². The summed E-state index contributed by atoms with van der Waals surface area (Å²) >= 11 is 0. The third-order valence-corrected chi connectivity index (χ3v) is 6.29. The molecular formula is C23H39NO. The Balaban J connectivity index is 1.50. The van der Waals surface area contributed by atoms with Crippen LogP contribution >= 0.6 is 0 Å². The summed E-state index contributed by atoms with van der Waals surface area (Å²) in [5.74, 6) is 0. The van der Waals surface area contributed by atoms with Gasteiger partial charge in [-0.15, -0.1) is 0 Å². The normalized spacial score (nSPS) is 30.1. The molecule has 1 aliphatic carbocycles. The van der Waals surface area contributed by atoms with Gasteiger partial charge in [-0.25, -0.2) is 0 Å². The first kappa shape index (κ1) is 19.2. The number of nitrogens with zero attached hydrogens (tertiary/aromatic N) is 1. The van der Waals surface area contributed by atoms with Gasteiger partial charge in [0.05, 0.1) is 6.10 Å². The molecule has 3 aliphatic rings. The van der Waals surface area contributed by atoms with Gasteiger partial charge in [0.15, 0.2) is 0 Å². The maximum atomic E-state index is 6.64. The van der Waals surface area contributed by atoms with Crippen LogP contribution in [-0.4, -0.2) is 36.2 Å². The van der Waals surface area contributed by atoms with Crippen molar-refractivity contribution < 1.29 is 4.74 Å². The van der Waals surface area contributed by atoms with Crippen molar-refractivity contribution in [1.82, 2.24) is 4.90 Å². The zero-order valence-electron chi connectivity index (χ0n) is 16.7. The van der Waals surface area contributed by atoms with E-state index in [9.17, 15) is 0 Å². The van der Waals surface area contributed by atoms with Crippen LogP contribution in [-0.2, 0) is 4.74 Å². The Morgan fingerprint density at radius 2 is 1.84 bits per heavy atom. The fourth-order valence-corrected chi connectivity index (χ4v) is 5.11. The fraction of sp³-hybridized carbons (Fsp3) is 0.826. The molecule has 0 aromatic heterocycles. The van der Waals surface area contributed by atoms with Crippen molar-refractivity contribution in [3.63, 3.8) is 0 Å². The predicted molar refractivity (Wildman–Crippen MR) is 107 cm³/mol. The van der Waals surface area contributed by atoms with E-state index in [0.717, 1.165) is 13.0 Å². The van der Waals surface area contributed by atoms with E-state index in [1.54, 1.807) is 11.1 Å². The molecule has 142 valence electrons. The van der Waals surface area contributed by atoms with Crippen LogP contribution in [0, 0.1) is 0 Å². The number of likely N-dealkylation sites (tertiary alicyclic amines) is 1. The molecule has 3 rings (SSSR count). The van der Waals surface area contributed by atoms with E-state index >= 15 is 0 Å². The minimum absolute atomic E-state index is 0.00327. The third-order valence-electron chi connectivity index (χ3n) is 6.29. The summed E-state index contributed by atoms with van der Waals surface area (Å²) in [6.45, 7) is 8.21. The summed E-state index contributed by atoms with van der Waals surface area (Å²) in [6.07, 6.45) is 21.2. The number of rotatable bonds is 8. The summed E-state index contributed by atoms with van der Waals surface area (Å²) in [6, 6.07) is 0. The van der Waals surface area contributed by atoms with Crippen LogP contribution in [0.15, 0.2) is 23.3 Å². The Hall–Kier alpha value is -0.600. The first-order valence-corrected chi connectivity index (χ1v) is 11.0. The van der Waals surface area contributed by atoms with Crippen LogP contribution in [0.25, 0.3) is 0 Å². The standard InChI is InChI=1S/C23H39NO/c1-3-4-5-6-7-8-11-16-24-17-12-15-23(19-24)22-14-10-9-13-21(22)18-20(2)25-23/h13-14,20H,3-12,15-19H2,1-2H3/t20-,23-/m1/s1. The van der Waals surface area contributed by atoms with Gasteiger partial charge in [-0.1, -0.05) is 57.6 Å². The van der Waals surface area contributed by atoms with E-state index in [2.05, 4.69) is 30.9 Å². The van der Waals surface area contributed by atoms with Gasteiger partial charge in [0.25, 0.3) is 0 Å². The van der Waals surface area contributed by atoms with Crippen molar-refractivity contribution in [1.29, 1.82) is 0 Å². The highest BCUT2D eigenvalue weighted by Crippen LogP contribution is 2.44. The second kappa shape index (κ2) is 9.37. The minimum Gasteiger partial charge on any atom is -0.366 e. The molecule has 0 bridgehead atoms. The van der Waals surface area contributed by atoms with Crippen molar-refractivity contribution in [3.8, 4) is 0 Å². The monoisotopic (exact) mass is 345 g/mol. The SMILES string of the molecule is CCCCCCCCCN1CCC[C@]2(C1)O[C@H](C)CC1=CCCC=C12. The predicted octanol–water partition coefficient (Wildman–Crippen LogP) is 6.03. The van der Waals surface area contributed by atoms with Crippen LogP contribution in [0.5, 0.6) is 0 Å². The van der Waals surface area contributed by atoms with E-state index in [-0.39, 0.29) is 5.60 Å². The van der Waals surface area contributed by atoms with Gasteiger partial charge in [-0.05, 0) is 69.7 Å². The lowest BCUT2D eigenvalue weighted by atomic mass is 9.75. The maximum Gasteiger partial charge on any atom is 0.106 e. The highest BCUT2D eigenvalue weighted by atomic mass is 16.5. The van der Waals surface area contributed by atoms with Crippen molar-refractivity contribution in [2.24, 2.45) is 0 Å². The Labute approximate surface area is 155 Å². The lowest BCUT2D eigenvalue weighted by Gasteiger charge is -2.50. The van der Waals surface area contributed by atoms with Crippen LogP contribution in [0.2, 0.25) is 0 Å². The van der Waals surface area contributed by atoms with Crippen LogP contribution in [0.3, 0.4) is 0 Å². The molecule has 0 unspecified atom stereocenters. The first-order chi connectivity index (χ1) is 12.2. The molecule has 2 heteroatoms. The van der Waals surface area contributed by atoms with E-state index in [4.69, 9.17) is 4.74 Å². The van der Waals surface area contributed by atoms with Gasteiger partial charge < -0.3 is 9.64 Å². The van der Waals surface area contributed by atoms with Gasteiger partial charge in [-0.2, -0.15) is 0 Å². The second-order valence-corrected chi connectivity index (χ2v) is 8.55. The molecule has 0 N–H and O–H groups in total. The van der Waals surface area contributed by atoms with Crippen molar-refractivity contribution >= 4 is 0 Å². The first-order valence-electron chi connectivity index (χ1n) is 11.0. The molecule has 0 aromatic carbocycles. The van der Waals surface area contributed by atoms with Crippen molar-refractivity contribution in [2.75, 3.05) is 19.6 Å². The van der Waals surface area contributed by atoms with E-state index < -0.39 is 0 Å². The maximum absolute atomic E-state index is 6.64. The van der Waals surface area contributed by atoms with Gasteiger partial charge in [-0.3, -0.25) is 0 Å². The zero-order valence-corrected chi connectivity index (χ0v) is 16.7. The highest BCUT2D eigenvalue weighted by Gasteiger charge is 2.45. The molecule has 2 nitrogen and oxygen atoms in total. The van der Waals surface area contributed by atoms with E-state index in [1.807, 2.05) is 0 Å².